The van der Waals surface area contributed by atoms with Crippen LogP contribution in [0.3, 0.4) is 0 Å². The zero-order valence-corrected chi connectivity index (χ0v) is 27.7. The molecule has 3 heterocycles. The minimum Gasteiger partial charge on any atom is -0.121 e. The first-order chi connectivity index (χ1) is 16.4. The third-order valence-electron chi connectivity index (χ3n) is 6.08. The second-order valence-corrected chi connectivity index (χ2v) is 19.4. The molecule has 2 atom stereocenters. The molecule has 0 unspecified atom stereocenters. The molecule has 176 valence electrons. The molecular weight excluding hydrogens is 649 g/mol. The molecule has 0 N–H and O–H groups in total. The van der Waals surface area contributed by atoms with Gasteiger partial charge in [0.15, 0.2) is 0 Å². The number of fused-ring (bicyclic) bond motifs is 1. The van der Waals surface area contributed by atoms with Crippen LogP contribution in [0.4, 0.5) is 0 Å². The van der Waals surface area contributed by atoms with Crippen LogP contribution in [0.15, 0.2) is 47.7 Å². The van der Waals surface area contributed by atoms with E-state index < -0.39 is 0 Å². The van der Waals surface area contributed by atoms with Crippen molar-refractivity contribution in [2.24, 2.45) is 0 Å². The van der Waals surface area contributed by atoms with Crippen molar-refractivity contribution >= 4 is 162 Å². The molecule has 0 spiro atoms. The maximum absolute atomic E-state index is 6.04. The molecule has 6 rings (SSSR count). The van der Waals surface area contributed by atoms with Gasteiger partial charge in [-0.2, -0.15) is 0 Å². The first kappa shape index (κ1) is 26.1. The summed E-state index contributed by atoms with van der Waals surface area (Å²) in [7, 11) is 0. The van der Waals surface area contributed by atoms with Crippen molar-refractivity contribution in [2.75, 3.05) is 12.5 Å². The van der Waals surface area contributed by atoms with E-state index in [2.05, 4.69) is 36.0 Å². The highest BCUT2D eigenvalue weighted by Gasteiger charge is 2.46. The molecule has 0 saturated heterocycles. The number of hydrogen-bond acceptors (Lipinski definition) is 12. The summed E-state index contributed by atoms with van der Waals surface area (Å²) in [6.07, 6.45) is 9.64. The van der Waals surface area contributed by atoms with Crippen LogP contribution in [-0.2, 0) is 0 Å². The van der Waals surface area contributed by atoms with E-state index in [1.165, 1.54) is 51.1 Å². The van der Waals surface area contributed by atoms with E-state index in [0.717, 1.165) is 52.3 Å². The highest BCUT2D eigenvalue weighted by molar-refractivity contribution is 8.42. The van der Waals surface area contributed by atoms with Crippen molar-refractivity contribution < 1.29 is 0 Å². The molecule has 0 amide bonds. The Balaban J connectivity index is 1.28. The summed E-state index contributed by atoms with van der Waals surface area (Å²) in [4.78, 5) is 3.20. The van der Waals surface area contributed by atoms with Crippen molar-refractivity contribution in [3.05, 3.63) is 47.7 Å². The standard InChI is InChI=1S/C22H16S12/c1-27-19-20(28-2)32-17(31-19)11-13(23)9-10(14(11)24)16(26)12(15(9)25)18-33-21-22(34-18)30-8-6-4-3-5-7(8)29-21/h7-8H,3-6H2,1-2H3/t7-,8+. The maximum Gasteiger partial charge on any atom is 0.0663 e. The average molecular weight is 665 g/mol. The monoisotopic (exact) mass is 664 g/mol. The van der Waals surface area contributed by atoms with Crippen molar-refractivity contribution in [1.29, 1.82) is 0 Å². The molecule has 1 fully saturated rings. The molecule has 6 aliphatic rings. The molecule has 0 aromatic carbocycles. The van der Waals surface area contributed by atoms with Crippen LogP contribution in [0.1, 0.15) is 25.7 Å². The molecule has 34 heavy (non-hydrogen) atoms. The lowest BCUT2D eigenvalue weighted by molar-refractivity contribution is 0.528. The predicted molar refractivity (Wildman–Crippen MR) is 184 cm³/mol. The summed E-state index contributed by atoms with van der Waals surface area (Å²) in [6, 6.07) is 0. The smallest absolute Gasteiger partial charge is 0.0663 e. The molecule has 3 aliphatic heterocycles. The molecule has 0 radical (unpaired) electrons. The van der Waals surface area contributed by atoms with Crippen LogP contribution in [0.5, 0.6) is 0 Å². The molecule has 3 aliphatic carbocycles. The van der Waals surface area contributed by atoms with Gasteiger partial charge in [-0.1, -0.05) is 109 Å². The van der Waals surface area contributed by atoms with Gasteiger partial charge in [0.1, 0.15) is 0 Å². The molecule has 0 aromatic rings. The van der Waals surface area contributed by atoms with Crippen molar-refractivity contribution in [2.45, 2.75) is 36.2 Å². The first-order valence-corrected chi connectivity index (χ1v) is 19.6. The van der Waals surface area contributed by atoms with Gasteiger partial charge in [-0.3, -0.25) is 0 Å². The van der Waals surface area contributed by atoms with Crippen LogP contribution < -0.4 is 0 Å². The number of allylic oxidation sites excluding steroid dienone is 4. The lowest BCUT2D eigenvalue weighted by Crippen LogP contribution is -2.26. The maximum atomic E-state index is 6.04. The largest absolute Gasteiger partial charge is 0.121 e. The normalized spacial score (nSPS) is 29.4. The summed E-state index contributed by atoms with van der Waals surface area (Å²) < 4.78 is 7.94. The predicted octanol–water partition coefficient (Wildman–Crippen LogP) is 9.94. The van der Waals surface area contributed by atoms with Gasteiger partial charge in [-0.15, -0.1) is 47.0 Å². The Labute approximate surface area is 255 Å². The fraction of sp³-hybridized carbons (Fsp3) is 0.364. The van der Waals surface area contributed by atoms with Gasteiger partial charge in [-0.25, -0.2) is 0 Å². The summed E-state index contributed by atoms with van der Waals surface area (Å²) in [5, 5.41) is 1.50. The van der Waals surface area contributed by atoms with E-state index in [0.29, 0.717) is 0 Å². The third-order valence-corrected chi connectivity index (χ3v) is 19.3. The lowest BCUT2D eigenvalue weighted by Gasteiger charge is -2.34. The highest BCUT2D eigenvalue weighted by atomic mass is 32.3. The van der Waals surface area contributed by atoms with E-state index in [1.54, 1.807) is 47.0 Å². The average Bonchev–Trinajstić information content (AvgIpc) is 3.55. The Hall–Kier alpha value is 1.86. The van der Waals surface area contributed by atoms with Gasteiger partial charge in [0, 0.05) is 32.8 Å². The van der Waals surface area contributed by atoms with Crippen LogP contribution in [-0.4, -0.2) is 42.5 Å². The lowest BCUT2D eigenvalue weighted by atomic mass is 10.00. The minimum absolute atomic E-state index is 0.752. The van der Waals surface area contributed by atoms with E-state index in [9.17, 15) is 0 Å². The molecule has 0 bridgehead atoms. The highest BCUT2D eigenvalue weighted by Crippen LogP contribution is 2.66. The number of thioether (sulfide) groups is 8. The second kappa shape index (κ2) is 10.4. The Kier molecular flexibility index (Phi) is 8.02. The van der Waals surface area contributed by atoms with E-state index in [1.807, 2.05) is 23.5 Å². The van der Waals surface area contributed by atoms with Crippen LogP contribution in [0, 0.1) is 0 Å². The van der Waals surface area contributed by atoms with Crippen molar-refractivity contribution in [1.82, 2.24) is 0 Å². The first-order valence-electron chi connectivity index (χ1n) is 10.5. The summed E-state index contributed by atoms with van der Waals surface area (Å²) in [5.74, 6) is 0. The number of rotatable bonds is 2. The topological polar surface area (TPSA) is 0 Å². The van der Waals surface area contributed by atoms with Crippen molar-refractivity contribution in [3.63, 3.8) is 0 Å². The third kappa shape index (κ3) is 4.24. The minimum atomic E-state index is 0.752. The van der Waals surface area contributed by atoms with Gasteiger partial charge >= 0.3 is 0 Å². The van der Waals surface area contributed by atoms with Crippen LogP contribution >= 0.6 is 143 Å². The van der Waals surface area contributed by atoms with Gasteiger partial charge in [0.05, 0.1) is 44.9 Å². The van der Waals surface area contributed by atoms with Gasteiger partial charge < -0.3 is 0 Å². The fourth-order valence-corrected chi connectivity index (χ4v) is 19.0. The van der Waals surface area contributed by atoms with Crippen LogP contribution in [0.2, 0.25) is 0 Å². The SMILES string of the molecule is CSC1=C(SC)SC(=C2C(=S)C3=C(C2=S)C(=S)C(=C2SC4=C(S2)S[C@@H]2CCCC[C@@H]2S4)C3=S)S1. The summed E-state index contributed by atoms with van der Waals surface area (Å²) in [6.45, 7) is 0. The number of thiocarbonyl (C=S) groups is 4. The van der Waals surface area contributed by atoms with E-state index in [-0.39, 0.29) is 0 Å². The van der Waals surface area contributed by atoms with Crippen LogP contribution in [0.25, 0.3) is 0 Å². The molecule has 12 heteroatoms. The second-order valence-electron chi connectivity index (χ2n) is 7.95. The molecule has 0 nitrogen and oxygen atoms in total. The number of hydrogen-bond donors (Lipinski definition) is 0. The summed E-state index contributed by atoms with van der Waals surface area (Å²) >= 11 is 39.2. The Morgan fingerprint density at radius 3 is 1.32 bits per heavy atom. The Morgan fingerprint density at radius 2 is 0.941 bits per heavy atom. The quantitative estimate of drug-likeness (QED) is 0.204. The molecule has 0 aromatic heterocycles. The summed E-state index contributed by atoms with van der Waals surface area (Å²) in [5.41, 5.74) is 3.90. The van der Waals surface area contributed by atoms with Gasteiger partial charge in [-0.05, 0) is 25.4 Å². The van der Waals surface area contributed by atoms with Crippen molar-refractivity contribution in [3.8, 4) is 0 Å². The Bertz CT molecular complexity index is 1170. The van der Waals surface area contributed by atoms with Gasteiger partial charge in [0.2, 0.25) is 0 Å². The van der Waals surface area contributed by atoms with E-state index in [4.69, 9.17) is 48.9 Å². The zero-order valence-electron chi connectivity index (χ0n) is 17.9. The zero-order chi connectivity index (χ0) is 23.7. The molecular formula is C22H16S12. The Morgan fingerprint density at radius 1 is 0.559 bits per heavy atom. The molecule has 1 saturated carbocycles. The fourth-order valence-electron chi connectivity index (χ4n) is 4.49. The van der Waals surface area contributed by atoms with E-state index >= 15 is 0 Å². The van der Waals surface area contributed by atoms with Gasteiger partial charge in [0.25, 0.3) is 0 Å².